The molecule has 2 aliphatic heterocycles. The first kappa shape index (κ1) is 26.5. The topological polar surface area (TPSA) is 95.5 Å². The number of carbonyl (C=O) groups excluding carboxylic acids is 2. The summed E-state index contributed by atoms with van der Waals surface area (Å²) < 4.78 is 1.91. The predicted octanol–water partition coefficient (Wildman–Crippen LogP) is 5.21. The van der Waals surface area contributed by atoms with Gasteiger partial charge >= 0.3 is 6.03 Å². The lowest BCUT2D eigenvalue weighted by Crippen LogP contribution is -2.47. The zero-order valence-corrected chi connectivity index (χ0v) is 22.7. The summed E-state index contributed by atoms with van der Waals surface area (Å²) in [6.45, 7) is 6.98. The van der Waals surface area contributed by atoms with E-state index in [2.05, 4.69) is 34.7 Å². The van der Waals surface area contributed by atoms with Gasteiger partial charge < -0.3 is 25.4 Å². The van der Waals surface area contributed by atoms with Crippen LogP contribution in [0.4, 0.5) is 21.9 Å². The minimum absolute atomic E-state index is 0.0556. The van der Waals surface area contributed by atoms with E-state index in [4.69, 9.17) is 0 Å². The number of nitrogens with zero attached hydrogens (tertiary/aromatic N) is 2. The lowest BCUT2D eigenvalue weighted by Gasteiger charge is -2.44. The molecule has 2 atom stereocenters. The molecule has 3 N–H and O–H groups in total. The minimum atomic E-state index is -0.363. The second-order valence-electron chi connectivity index (χ2n) is 10.6. The summed E-state index contributed by atoms with van der Waals surface area (Å²) in [4.78, 5) is 40.7. The Morgan fingerprint density at radius 3 is 2.54 bits per heavy atom. The molecule has 2 aromatic carbocycles. The Hall–Kier alpha value is -4.07. The quantitative estimate of drug-likeness (QED) is 0.351. The molecule has 0 spiro atoms. The van der Waals surface area contributed by atoms with E-state index in [9.17, 15) is 14.4 Å². The van der Waals surface area contributed by atoms with E-state index in [1.807, 2.05) is 53.1 Å². The van der Waals surface area contributed by atoms with Crippen LogP contribution in [0.25, 0.3) is 0 Å². The maximum atomic E-state index is 13.1. The standard InChI is InChI=1S/C31H37N5O3/c1-3-5-15-32-30(38)23-11-14-28(26(17-23)34-31(39)33-25-12-9-21(4-2)10-13-25)35-18-22-16-24(20-35)27-7-6-8-29(37)36(27)19-22/h6-14,17,22,24H,3-5,15-16,18-20H2,1-2H3,(H,32,38)(H2,33,34,39). The molecule has 39 heavy (non-hydrogen) atoms. The maximum absolute atomic E-state index is 13.1. The van der Waals surface area contributed by atoms with Gasteiger partial charge in [0, 0.05) is 55.1 Å². The smallest absolute Gasteiger partial charge is 0.323 e. The number of unbranched alkanes of at least 4 members (excludes halogenated alkanes) is 1. The van der Waals surface area contributed by atoms with Crippen LogP contribution in [0.5, 0.6) is 0 Å². The molecule has 2 unspecified atom stereocenters. The lowest BCUT2D eigenvalue weighted by molar-refractivity contribution is 0.0953. The molecule has 2 aliphatic rings. The van der Waals surface area contributed by atoms with Gasteiger partial charge in [-0.05, 0) is 67.1 Å². The fraction of sp³-hybridized carbons (Fsp3) is 0.387. The summed E-state index contributed by atoms with van der Waals surface area (Å²) in [6, 6.07) is 18.4. The van der Waals surface area contributed by atoms with Crippen molar-refractivity contribution in [2.75, 3.05) is 35.2 Å². The number of benzene rings is 2. The number of aryl methyl sites for hydroxylation is 1. The third-order valence-corrected chi connectivity index (χ3v) is 7.76. The van der Waals surface area contributed by atoms with E-state index < -0.39 is 0 Å². The van der Waals surface area contributed by atoms with Crippen molar-refractivity contribution in [1.29, 1.82) is 0 Å². The number of pyridine rings is 1. The summed E-state index contributed by atoms with van der Waals surface area (Å²) in [5.74, 6) is 0.395. The minimum Gasteiger partial charge on any atom is -0.369 e. The molecule has 3 heterocycles. The number of anilines is 3. The van der Waals surface area contributed by atoms with E-state index in [0.717, 1.165) is 50.2 Å². The number of rotatable bonds is 8. The van der Waals surface area contributed by atoms with Gasteiger partial charge in [0.05, 0.1) is 11.4 Å². The lowest BCUT2D eigenvalue weighted by atomic mass is 9.83. The Kier molecular flexibility index (Phi) is 8.00. The van der Waals surface area contributed by atoms with Crippen molar-refractivity contribution < 1.29 is 9.59 Å². The second kappa shape index (κ2) is 11.8. The van der Waals surface area contributed by atoms with Gasteiger partial charge in [-0.1, -0.05) is 38.5 Å². The Bertz CT molecular complexity index is 1400. The maximum Gasteiger partial charge on any atom is 0.323 e. The highest BCUT2D eigenvalue weighted by molar-refractivity contribution is 6.04. The summed E-state index contributed by atoms with van der Waals surface area (Å²) >= 11 is 0. The molecule has 0 saturated carbocycles. The molecule has 0 aliphatic carbocycles. The fourth-order valence-corrected chi connectivity index (χ4v) is 5.74. The molecule has 1 aromatic heterocycles. The largest absolute Gasteiger partial charge is 0.369 e. The van der Waals surface area contributed by atoms with Crippen molar-refractivity contribution in [1.82, 2.24) is 9.88 Å². The van der Waals surface area contributed by atoms with Crippen LogP contribution in [0, 0.1) is 5.92 Å². The van der Waals surface area contributed by atoms with Crippen LogP contribution in [0.1, 0.15) is 60.6 Å². The number of hydrogen-bond donors (Lipinski definition) is 3. The van der Waals surface area contributed by atoms with Crippen molar-refractivity contribution >= 4 is 29.0 Å². The summed E-state index contributed by atoms with van der Waals surface area (Å²) in [5.41, 5.74) is 4.99. The number of fused-ring (bicyclic) bond motifs is 4. The molecule has 8 heteroatoms. The average Bonchev–Trinajstić information content (AvgIpc) is 2.94. The van der Waals surface area contributed by atoms with Crippen LogP contribution in [0.15, 0.2) is 65.5 Å². The van der Waals surface area contributed by atoms with E-state index in [1.165, 1.54) is 5.56 Å². The molecule has 5 rings (SSSR count). The number of aromatic nitrogens is 1. The fourth-order valence-electron chi connectivity index (χ4n) is 5.74. The first-order valence-electron chi connectivity index (χ1n) is 14.0. The molecule has 3 amide bonds. The normalized spacial score (nSPS) is 17.7. The highest BCUT2D eigenvalue weighted by Crippen LogP contribution is 2.39. The highest BCUT2D eigenvalue weighted by atomic mass is 16.2. The molecule has 0 radical (unpaired) electrons. The van der Waals surface area contributed by atoms with E-state index in [-0.39, 0.29) is 23.4 Å². The summed E-state index contributed by atoms with van der Waals surface area (Å²) in [7, 11) is 0. The van der Waals surface area contributed by atoms with E-state index >= 15 is 0 Å². The van der Waals surface area contributed by atoms with Gasteiger partial charge in [0.2, 0.25) is 0 Å². The highest BCUT2D eigenvalue weighted by Gasteiger charge is 2.35. The zero-order valence-electron chi connectivity index (χ0n) is 22.7. The number of nitrogens with one attached hydrogen (secondary N) is 3. The van der Waals surface area contributed by atoms with Crippen molar-refractivity contribution in [3.05, 3.63) is 87.8 Å². The third-order valence-electron chi connectivity index (χ3n) is 7.76. The molecule has 204 valence electrons. The van der Waals surface area contributed by atoms with Gasteiger partial charge in [0.1, 0.15) is 0 Å². The van der Waals surface area contributed by atoms with Gasteiger partial charge in [-0.15, -0.1) is 0 Å². The van der Waals surface area contributed by atoms with Crippen molar-refractivity contribution in [2.45, 2.75) is 52.0 Å². The van der Waals surface area contributed by atoms with Gasteiger partial charge in [-0.2, -0.15) is 0 Å². The van der Waals surface area contributed by atoms with Crippen LogP contribution < -0.4 is 26.4 Å². The van der Waals surface area contributed by atoms with Crippen LogP contribution in [-0.4, -0.2) is 36.1 Å². The monoisotopic (exact) mass is 527 g/mol. The molecule has 2 bridgehead atoms. The summed E-state index contributed by atoms with van der Waals surface area (Å²) in [6.07, 6.45) is 3.88. The van der Waals surface area contributed by atoms with Gasteiger partial charge in [-0.3, -0.25) is 9.59 Å². The van der Waals surface area contributed by atoms with Crippen LogP contribution in [0.3, 0.4) is 0 Å². The van der Waals surface area contributed by atoms with E-state index in [0.29, 0.717) is 35.9 Å². The van der Waals surface area contributed by atoms with Gasteiger partial charge in [-0.25, -0.2) is 4.79 Å². The first-order valence-corrected chi connectivity index (χ1v) is 14.0. The number of hydrogen-bond acceptors (Lipinski definition) is 4. The molecular weight excluding hydrogens is 490 g/mol. The Labute approximate surface area is 229 Å². The van der Waals surface area contributed by atoms with Gasteiger partial charge in [0.25, 0.3) is 11.5 Å². The average molecular weight is 528 g/mol. The van der Waals surface area contributed by atoms with Crippen LogP contribution in [-0.2, 0) is 13.0 Å². The Morgan fingerprint density at radius 2 is 1.77 bits per heavy atom. The number of amides is 3. The summed E-state index contributed by atoms with van der Waals surface area (Å²) in [5, 5.41) is 8.89. The van der Waals surface area contributed by atoms with Crippen molar-refractivity contribution in [2.24, 2.45) is 5.92 Å². The van der Waals surface area contributed by atoms with Crippen molar-refractivity contribution in [3.63, 3.8) is 0 Å². The molecule has 3 aromatic rings. The molecule has 8 nitrogen and oxygen atoms in total. The van der Waals surface area contributed by atoms with Crippen LogP contribution in [0.2, 0.25) is 0 Å². The number of piperidine rings is 1. The zero-order chi connectivity index (χ0) is 27.4. The van der Waals surface area contributed by atoms with Crippen LogP contribution >= 0.6 is 0 Å². The Morgan fingerprint density at radius 1 is 0.949 bits per heavy atom. The number of carbonyl (C=O) groups is 2. The van der Waals surface area contributed by atoms with Crippen molar-refractivity contribution in [3.8, 4) is 0 Å². The third kappa shape index (κ3) is 6.00. The van der Waals surface area contributed by atoms with Gasteiger partial charge in [0.15, 0.2) is 0 Å². The second-order valence-corrected chi connectivity index (χ2v) is 10.6. The number of urea groups is 1. The Balaban J connectivity index is 1.40. The first-order chi connectivity index (χ1) is 18.9. The molecule has 1 saturated heterocycles. The van der Waals surface area contributed by atoms with E-state index in [1.54, 1.807) is 12.1 Å². The molecule has 1 fully saturated rings. The predicted molar refractivity (Wildman–Crippen MR) is 156 cm³/mol. The molecular formula is C31H37N5O3. The SMILES string of the molecule is CCCCNC(=O)c1ccc(N2CC3CC(C2)c2cccc(=O)n2C3)c(NC(=O)Nc2ccc(CC)cc2)c1.